The maximum absolute atomic E-state index is 13.4. The van der Waals surface area contributed by atoms with Crippen molar-refractivity contribution in [2.24, 2.45) is 10.1 Å². The zero-order valence-corrected chi connectivity index (χ0v) is 16.7. The number of rotatable bonds is 5. The molecular formula is C20H19FN4O4S. The van der Waals surface area contributed by atoms with E-state index in [2.05, 4.69) is 20.2 Å². The Morgan fingerprint density at radius 3 is 2.77 bits per heavy atom. The highest BCUT2D eigenvalue weighted by molar-refractivity contribution is 7.90. The molecule has 4 rings (SSSR count). The molecule has 2 N–H and O–H groups in total. The SMILES string of the molecule is O=C(Nc1cccc(S(=O)(=O)NC2=NCCC2)c1)C1CC(c2cccc(F)c2)=NO1. The average Bonchev–Trinajstić information content (AvgIpc) is 3.40. The van der Waals surface area contributed by atoms with Crippen LogP contribution < -0.4 is 10.0 Å². The number of nitrogens with one attached hydrogen (secondary N) is 2. The normalized spacial score (nSPS) is 18.4. The van der Waals surface area contributed by atoms with Crippen molar-refractivity contribution in [3.8, 4) is 0 Å². The number of amides is 1. The lowest BCUT2D eigenvalue weighted by atomic mass is 10.0. The van der Waals surface area contributed by atoms with Crippen LogP contribution in [0.5, 0.6) is 0 Å². The number of benzene rings is 2. The van der Waals surface area contributed by atoms with E-state index < -0.39 is 27.9 Å². The van der Waals surface area contributed by atoms with Crippen LogP contribution in [0.4, 0.5) is 10.1 Å². The van der Waals surface area contributed by atoms with Gasteiger partial charge in [0.25, 0.3) is 15.9 Å². The molecule has 156 valence electrons. The molecule has 2 heterocycles. The summed E-state index contributed by atoms with van der Waals surface area (Å²) in [6.07, 6.45) is 0.681. The molecule has 0 aromatic heterocycles. The Bertz CT molecular complexity index is 1150. The first-order chi connectivity index (χ1) is 14.4. The van der Waals surface area contributed by atoms with Crippen LogP contribution in [0.25, 0.3) is 0 Å². The van der Waals surface area contributed by atoms with Crippen molar-refractivity contribution in [3.63, 3.8) is 0 Å². The van der Waals surface area contributed by atoms with Gasteiger partial charge < -0.3 is 10.2 Å². The molecule has 8 nitrogen and oxygen atoms in total. The van der Waals surface area contributed by atoms with E-state index in [0.717, 1.165) is 6.42 Å². The van der Waals surface area contributed by atoms with Crippen LogP contribution in [0, 0.1) is 5.82 Å². The zero-order chi connectivity index (χ0) is 21.1. The second-order valence-electron chi connectivity index (χ2n) is 6.90. The molecule has 2 aromatic rings. The van der Waals surface area contributed by atoms with E-state index in [4.69, 9.17) is 4.84 Å². The van der Waals surface area contributed by atoms with E-state index in [1.165, 1.54) is 30.3 Å². The monoisotopic (exact) mass is 430 g/mol. The summed E-state index contributed by atoms with van der Waals surface area (Å²) in [6, 6.07) is 11.8. The first-order valence-corrected chi connectivity index (χ1v) is 10.8. The van der Waals surface area contributed by atoms with Crippen LogP contribution in [-0.4, -0.2) is 38.5 Å². The van der Waals surface area contributed by atoms with Gasteiger partial charge in [-0.15, -0.1) is 0 Å². The molecule has 0 fully saturated rings. The molecule has 0 saturated carbocycles. The lowest BCUT2D eigenvalue weighted by molar-refractivity contribution is -0.125. The van der Waals surface area contributed by atoms with Crippen molar-refractivity contribution in [2.45, 2.75) is 30.3 Å². The summed E-state index contributed by atoms with van der Waals surface area (Å²) < 4.78 is 40.9. The minimum absolute atomic E-state index is 0.0129. The first-order valence-electron chi connectivity index (χ1n) is 9.36. The predicted molar refractivity (Wildman–Crippen MR) is 109 cm³/mol. The number of hydrogen-bond acceptors (Lipinski definition) is 6. The standard InChI is InChI=1S/C20H19FN4O4S/c21-14-5-1-4-13(10-14)17-12-18(29-24-17)20(26)23-15-6-2-7-16(11-15)30(27,28)25-19-8-3-9-22-19/h1-2,4-7,10-11,18H,3,8-9,12H2,(H,22,25)(H,23,26). The quantitative estimate of drug-likeness (QED) is 0.759. The van der Waals surface area contributed by atoms with E-state index in [1.807, 2.05) is 0 Å². The van der Waals surface area contributed by atoms with Gasteiger partial charge >= 0.3 is 0 Å². The molecule has 1 unspecified atom stereocenters. The summed E-state index contributed by atoms with van der Waals surface area (Å²) in [5, 5.41) is 6.52. The highest BCUT2D eigenvalue weighted by Gasteiger charge is 2.29. The molecule has 0 radical (unpaired) electrons. The van der Waals surface area contributed by atoms with Gasteiger partial charge in [-0.05, 0) is 36.8 Å². The van der Waals surface area contributed by atoms with Gasteiger partial charge in [0, 0.05) is 30.6 Å². The summed E-state index contributed by atoms with van der Waals surface area (Å²) in [7, 11) is -3.79. The number of oxime groups is 1. The fourth-order valence-electron chi connectivity index (χ4n) is 3.16. The third-order valence-corrected chi connectivity index (χ3v) is 6.04. The van der Waals surface area contributed by atoms with Gasteiger partial charge in [0.05, 0.1) is 10.6 Å². The van der Waals surface area contributed by atoms with Gasteiger partial charge in [-0.3, -0.25) is 14.5 Å². The molecule has 0 saturated heterocycles. The number of sulfonamides is 1. The number of carbonyl (C=O) groups is 1. The molecule has 2 aliphatic heterocycles. The van der Waals surface area contributed by atoms with Gasteiger partial charge in [0.15, 0.2) is 0 Å². The maximum Gasteiger partial charge on any atom is 0.268 e. The average molecular weight is 430 g/mol. The van der Waals surface area contributed by atoms with Crippen molar-refractivity contribution in [1.82, 2.24) is 4.72 Å². The summed E-state index contributed by atoms with van der Waals surface area (Å²) >= 11 is 0. The number of halogens is 1. The summed E-state index contributed by atoms with van der Waals surface area (Å²) in [5.74, 6) is -0.447. The Labute approximate surface area is 172 Å². The Kier molecular flexibility index (Phi) is 5.49. The molecule has 30 heavy (non-hydrogen) atoms. The van der Waals surface area contributed by atoms with E-state index in [-0.39, 0.29) is 11.3 Å². The lowest BCUT2D eigenvalue weighted by Gasteiger charge is -2.12. The lowest BCUT2D eigenvalue weighted by Crippen LogP contribution is -2.30. The molecule has 0 spiro atoms. The summed E-state index contributed by atoms with van der Waals surface area (Å²) in [4.78, 5) is 21.8. The van der Waals surface area contributed by atoms with Gasteiger partial charge in [0.2, 0.25) is 6.10 Å². The van der Waals surface area contributed by atoms with Gasteiger partial charge in [-0.2, -0.15) is 0 Å². The maximum atomic E-state index is 13.4. The number of hydrogen-bond donors (Lipinski definition) is 2. The molecule has 1 atom stereocenters. The molecule has 2 aliphatic rings. The van der Waals surface area contributed by atoms with Crippen LogP contribution in [0.15, 0.2) is 63.6 Å². The van der Waals surface area contributed by atoms with Gasteiger partial charge in [-0.1, -0.05) is 23.4 Å². The molecule has 1 amide bonds. The Morgan fingerprint density at radius 1 is 1.17 bits per heavy atom. The van der Waals surface area contributed by atoms with Crippen LogP contribution in [0.3, 0.4) is 0 Å². The van der Waals surface area contributed by atoms with E-state index in [0.29, 0.717) is 35.8 Å². The smallest absolute Gasteiger partial charge is 0.268 e. The summed E-state index contributed by atoms with van der Waals surface area (Å²) in [5.41, 5.74) is 1.31. The highest BCUT2D eigenvalue weighted by atomic mass is 32.2. The van der Waals surface area contributed by atoms with Crippen LogP contribution in [-0.2, 0) is 19.7 Å². The number of carbonyl (C=O) groups excluding carboxylic acids is 1. The Balaban J connectivity index is 1.41. The molecule has 0 bridgehead atoms. The Morgan fingerprint density at radius 2 is 2.00 bits per heavy atom. The van der Waals surface area contributed by atoms with Crippen molar-refractivity contribution in [1.29, 1.82) is 0 Å². The summed E-state index contributed by atoms with van der Waals surface area (Å²) in [6.45, 7) is 0.606. The largest absolute Gasteiger partial charge is 0.382 e. The second-order valence-corrected chi connectivity index (χ2v) is 8.58. The van der Waals surface area contributed by atoms with E-state index in [9.17, 15) is 17.6 Å². The predicted octanol–water partition coefficient (Wildman–Crippen LogP) is 2.43. The van der Waals surface area contributed by atoms with Gasteiger partial charge in [-0.25, -0.2) is 12.8 Å². The van der Waals surface area contributed by atoms with E-state index >= 15 is 0 Å². The first kappa shape index (κ1) is 20.0. The topological polar surface area (TPSA) is 109 Å². The second kappa shape index (κ2) is 8.23. The minimum atomic E-state index is -3.79. The van der Waals surface area contributed by atoms with E-state index in [1.54, 1.807) is 18.2 Å². The minimum Gasteiger partial charge on any atom is -0.382 e. The number of anilines is 1. The zero-order valence-electron chi connectivity index (χ0n) is 15.8. The highest BCUT2D eigenvalue weighted by Crippen LogP contribution is 2.21. The number of amidine groups is 1. The molecule has 2 aromatic carbocycles. The van der Waals surface area contributed by atoms with Crippen molar-refractivity contribution < 1.29 is 22.4 Å². The fourth-order valence-corrected chi connectivity index (χ4v) is 4.29. The molecule has 10 heteroatoms. The van der Waals surface area contributed by atoms with Crippen LogP contribution >= 0.6 is 0 Å². The van der Waals surface area contributed by atoms with Crippen molar-refractivity contribution in [3.05, 3.63) is 59.9 Å². The van der Waals surface area contributed by atoms with Gasteiger partial charge in [0.1, 0.15) is 11.7 Å². The molecular weight excluding hydrogens is 411 g/mol. The third-order valence-electron chi connectivity index (χ3n) is 4.66. The van der Waals surface area contributed by atoms with Crippen LogP contribution in [0.2, 0.25) is 0 Å². The van der Waals surface area contributed by atoms with Crippen molar-refractivity contribution >= 4 is 33.2 Å². The van der Waals surface area contributed by atoms with Crippen LogP contribution in [0.1, 0.15) is 24.8 Å². The number of aliphatic imine (C=N–C) groups is 1. The van der Waals surface area contributed by atoms with Crippen molar-refractivity contribution in [2.75, 3.05) is 11.9 Å². The fraction of sp³-hybridized carbons (Fsp3) is 0.250. The molecule has 0 aliphatic carbocycles. The Hall–Kier alpha value is -3.27. The number of nitrogens with zero attached hydrogens (tertiary/aromatic N) is 2. The third kappa shape index (κ3) is 4.48.